The number of carbonyl (C=O) groups is 1. The second-order valence-electron chi connectivity index (χ2n) is 6.52. The Kier molecular flexibility index (Phi) is 6.60. The molecule has 0 fully saturated rings. The van der Waals surface area contributed by atoms with Gasteiger partial charge in [0.1, 0.15) is 19.0 Å². The Hall–Kier alpha value is -3.93. The van der Waals surface area contributed by atoms with E-state index in [9.17, 15) is 4.79 Å². The van der Waals surface area contributed by atoms with Crippen LogP contribution in [-0.4, -0.2) is 53.1 Å². The molecule has 4 N–H and O–H groups in total. The fourth-order valence-corrected chi connectivity index (χ4v) is 3.44. The van der Waals surface area contributed by atoms with Crippen LogP contribution in [0.25, 0.3) is 0 Å². The summed E-state index contributed by atoms with van der Waals surface area (Å²) in [6, 6.07) is 12.7. The van der Waals surface area contributed by atoms with Crippen molar-refractivity contribution in [2.45, 2.75) is 5.16 Å². The maximum absolute atomic E-state index is 12.3. The average molecular weight is 456 g/mol. The highest BCUT2D eigenvalue weighted by atomic mass is 32.2. The van der Waals surface area contributed by atoms with Crippen molar-refractivity contribution >= 4 is 35.5 Å². The van der Waals surface area contributed by atoms with Gasteiger partial charge in [0.05, 0.1) is 19.1 Å². The minimum absolute atomic E-state index is 0.0941. The summed E-state index contributed by atoms with van der Waals surface area (Å²) in [5.41, 5.74) is 4.18. The van der Waals surface area contributed by atoms with Gasteiger partial charge in [0.15, 0.2) is 11.5 Å². The third kappa shape index (κ3) is 5.21. The van der Waals surface area contributed by atoms with Gasteiger partial charge >= 0.3 is 0 Å². The summed E-state index contributed by atoms with van der Waals surface area (Å²) in [5, 5.41) is 15.2. The lowest BCUT2D eigenvalue weighted by Gasteiger charge is -2.18. The molecule has 12 heteroatoms. The van der Waals surface area contributed by atoms with Crippen molar-refractivity contribution in [1.29, 1.82) is 0 Å². The van der Waals surface area contributed by atoms with Gasteiger partial charge < -0.3 is 25.4 Å². The van der Waals surface area contributed by atoms with Crippen molar-refractivity contribution in [3.8, 4) is 17.2 Å². The summed E-state index contributed by atoms with van der Waals surface area (Å²) in [6.07, 6.45) is 1.60. The van der Waals surface area contributed by atoms with E-state index in [0.717, 1.165) is 23.1 Å². The molecule has 11 nitrogen and oxygen atoms in total. The number of nitrogen functional groups attached to an aromatic ring is 1. The zero-order valence-corrected chi connectivity index (χ0v) is 18.0. The number of hydrogen-bond donors (Lipinski definition) is 3. The zero-order valence-electron chi connectivity index (χ0n) is 17.1. The molecule has 32 heavy (non-hydrogen) atoms. The molecule has 1 aliphatic heterocycles. The lowest BCUT2D eigenvalue weighted by molar-refractivity contribution is -0.113. The van der Waals surface area contributed by atoms with Gasteiger partial charge in [-0.3, -0.25) is 4.79 Å². The Morgan fingerprint density at radius 2 is 2.09 bits per heavy atom. The number of ether oxygens (including phenoxy) is 3. The van der Waals surface area contributed by atoms with Crippen LogP contribution in [0.1, 0.15) is 5.56 Å². The molecule has 1 amide bonds. The van der Waals surface area contributed by atoms with Crippen molar-refractivity contribution in [2.24, 2.45) is 5.10 Å². The Bertz CT molecular complexity index is 1130. The van der Waals surface area contributed by atoms with Gasteiger partial charge in [-0.05, 0) is 29.8 Å². The Balaban J connectivity index is 1.29. The first-order chi connectivity index (χ1) is 15.6. The first kappa shape index (κ1) is 21.3. The number of fused-ring (bicyclic) bond motifs is 1. The summed E-state index contributed by atoms with van der Waals surface area (Å²) < 4.78 is 17.4. The Morgan fingerprint density at radius 3 is 2.94 bits per heavy atom. The molecule has 0 atom stereocenters. The summed E-state index contributed by atoms with van der Waals surface area (Å²) in [5.74, 6) is 8.10. The Labute approximate surface area is 187 Å². The molecule has 1 aromatic heterocycles. The maximum atomic E-state index is 12.3. The zero-order chi connectivity index (χ0) is 22.3. The van der Waals surface area contributed by atoms with Crippen molar-refractivity contribution in [3.63, 3.8) is 0 Å². The molecular weight excluding hydrogens is 434 g/mol. The largest absolute Gasteiger partial charge is 0.497 e. The normalized spacial score (nSPS) is 12.5. The number of rotatable bonds is 8. The van der Waals surface area contributed by atoms with E-state index >= 15 is 0 Å². The van der Waals surface area contributed by atoms with Crippen LogP contribution in [0.2, 0.25) is 0 Å². The predicted molar refractivity (Wildman–Crippen MR) is 121 cm³/mol. The molecule has 0 unspecified atom stereocenters. The van der Waals surface area contributed by atoms with E-state index < -0.39 is 0 Å². The van der Waals surface area contributed by atoms with Gasteiger partial charge in [-0.2, -0.15) is 5.10 Å². The lowest BCUT2D eigenvalue weighted by atomic mass is 10.2. The fraction of sp³-hybridized carbons (Fsp3) is 0.200. The molecule has 4 rings (SSSR count). The topological polar surface area (TPSA) is 138 Å². The molecular formula is C20H21N7O4S. The molecule has 2 aromatic carbocycles. The second-order valence-corrected chi connectivity index (χ2v) is 7.46. The third-order valence-corrected chi connectivity index (χ3v) is 5.24. The highest BCUT2D eigenvalue weighted by Gasteiger charge is 2.15. The van der Waals surface area contributed by atoms with E-state index in [0.29, 0.717) is 35.6 Å². The van der Waals surface area contributed by atoms with Crippen molar-refractivity contribution in [2.75, 3.05) is 42.7 Å². The SMILES string of the molecule is COc1cccc(/C=N/Nc2nnc(SCC(=O)Nc3ccc4c(c3)OCCO4)n2N)c1. The van der Waals surface area contributed by atoms with Gasteiger partial charge in [0, 0.05) is 11.8 Å². The van der Waals surface area contributed by atoms with E-state index in [1.807, 2.05) is 24.3 Å². The highest BCUT2D eigenvalue weighted by Crippen LogP contribution is 2.32. The molecule has 3 aromatic rings. The Morgan fingerprint density at radius 1 is 1.25 bits per heavy atom. The second kappa shape index (κ2) is 9.92. The number of thioether (sulfide) groups is 1. The van der Waals surface area contributed by atoms with Gasteiger partial charge in [-0.15, -0.1) is 10.2 Å². The third-order valence-electron chi connectivity index (χ3n) is 4.29. The maximum Gasteiger partial charge on any atom is 0.264 e. The highest BCUT2D eigenvalue weighted by molar-refractivity contribution is 7.99. The number of aromatic nitrogens is 3. The van der Waals surface area contributed by atoms with Crippen LogP contribution < -0.4 is 30.8 Å². The van der Waals surface area contributed by atoms with Crippen LogP contribution in [0, 0.1) is 0 Å². The predicted octanol–water partition coefficient (Wildman–Crippen LogP) is 1.95. The van der Waals surface area contributed by atoms with Crippen molar-refractivity contribution in [1.82, 2.24) is 14.9 Å². The van der Waals surface area contributed by atoms with Crippen molar-refractivity contribution in [3.05, 3.63) is 48.0 Å². The van der Waals surface area contributed by atoms with Crippen LogP contribution in [0.15, 0.2) is 52.7 Å². The van der Waals surface area contributed by atoms with Crippen LogP contribution in [0.5, 0.6) is 17.2 Å². The van der Waals surface area contributed by atoms with Gasteiger partial charge in [-0.25, -0.2) is 10.1 Å². The van der Waals surface area contributed by atoms with Crippen molar-refractivity contribution < 1.29 is 19.0 Å². The smallest absolute Gasteiger partial charge is 0.264 e. The van der Waals surface area contributed by atoms with E-state index in [4.69, 9.17) is 20.1 Å². The number of hydrogen-bond acceptors (Lipinski definition) is 10. The standard InChI is InChI=1S/C20H21N7O4S/c1-29-15-4-2-3-13(9-15)11-22-24-19-25-26-20(27(19)21)32-12-18(28)23-14-5-6-16-17(10-14)31-8-7-30-16/h2-6,9-11H,7-8,12,21H2,1H3,(H,23,28)(H,24,25)/b22-11+. The number of hydrazone groups is 1. The van der Waals surface area contributed by atoms with E-state index in [1.165, 1.54) is 4.68 Å². The number of amides is 1. The summed E-state index contributed by atoms with van der Waals surface area (Å²) >= 11 is 1.15. The molecule has 0 radical (unpaired) electrons. The number of nitrogens with two attached hydrogens (primary N) is 1. The minimum atomic E-state index is -0.222. The summed E-state index contributed by atoms with van der Waals surface area (Å²) in [4.78, 5) is 12.3. The molecule has 0 spiro atoms. The quantitative estimate of drug-likeness (QED) is 0.201. The molecule has 0 aliphatic carbocycles. The molecule has 166 valence electrons. The summed E-state index contributed by atoms with van der Waals surface area (Å²) in [7, 11) is 1.60. The van der Waals surface area contributed by atoms with Gasteiger partial charge in [-0.1, -0.05) is 23.9 Å². The number of anilines is 2. The minimum Gasteiger partial charge on any atom is -0.497 e. The fourth-order valence-electron chi connectivity index (χ4n) is 2.79. The number of nitrogens with zero attached hydrogens (tertiary/aromatic N) is 4. The molecule has 0 bridgehead atoms. The van der Waals surface area contributed by atoms with E-state index in [2.05, 4.69) is 26.0 Å². The number of nitrogens with one attached hydrogen (secondary N) is 2. The van der Waals surface area contributed by atoms with Crippen LogP contribution >= 0.6 is 11.8 Å². The first-order valence-corrected chi connectivity index (χ1v) is 10.6. The monoisotopic (exact) mass is 455 g/mol. The lowest BCUT2D eigenvalue weighted by Crippen LogP contribution is -2.18. The average Bonchev–Trinajstić information content (AvgIpc) is 3.17. The molecule has 2 heterocycles. The molecule has 0 saturated heterocycles. The first-order valence-electron chi connectivity index (χ1n) is 9.58. The van der Waals surface area contributed by atoms with E-state index in [-0.39, 0.29) is 17.6 Å². The number of methoxy groups -OCH3 is 1. The number of carbonyl (C=O) groups excluding carboxylic acids is 1. The van der Waals surface area contributed by atoms with Crippen LogP contribution in [0.3, 0.4) is 0 Å². The van der Waals surface area contributed by atoms with E-state index in [1.54, 1.807) is 31.5 Å². The van der Waals surface area contributed by atoms with Gasteiger partial charge in [0.2, 0.25) is 11.1 Å². The van der Waals surface area contributed by atoms with Gasteiger partial charge in [0.25, 0.3) is 5.95 Å². The molecule has 1 aliphatic rings. The number of benzene rings is 2. The molecule has 0 saturated carbocycles. The summed E-state index contributed by atoms with van der Waals surface area (Å²) in [6.45, 7) is 0.991. The van der Waals surface area contributed by atoms with Crippen LogP contribution in [-0.2, 0) is 4.79 Å². The van der Waals surface area contributed by atoms with Crippen LogP contribution in [0.4, 0.5) is 11.6 Å².